The van der Waals surface area contributed by atoms with E-state index in [-0.39, 0.29) is 23.9 Å². The molecule has 3 nitrogen and oxygen atoms in total. The van der Waals surface area contributed by atoms with Crippen molar-refractivity contribution in [2.75, 3.05) is 0 Å². The molecule has 3 heteroatoms. The molecule has 0 saturated heterocycles. The maximum absolute atomic E-state index is 11.6. The number of hydrogen-bond donors (Lipinski definition) is 2. The van der Waals surface area contributed by atoms with Crippen LogP contribution in [0.4, 0.5) is 0 Å². The molecule has 14 heavy (non-hydrogen) atoms. The Balaban J connectivity index is 2.38. The van der Waals surface area contributed by atoms with Crippen molar-refractivity contribution in [1.82, 2.24) is 5.32 Å². The quantitative estimate of drug-likeness (QED) is 0.720. The van der Waals surface area contributed by atoms with E-state index < -0.39 is 0 Å². The molecular formula is C11H22N2O. The second-order valence-electron chi connectivity index (χ2n) is 4.37. The van der Waals surface area contributed by atoms with Gasteiger partial charge in [-0.1, -0.05) is 26.7 Å². The predicted molar refractivity (Wildman–Crippen MR) is 57.8 cm³/mol. The van der Waals surface area contributed by atoms with E-state index >= 15 is 0 Å². The molecular weight excluding hydrogens is 176 g/mol. The second kappa shape index (κ2) is 5.35. The minimum absolute atomic E-state index is 0.115. The lowest BCUT2D eigenvalue weighted by Crippen LogP contribution is -2.50. The summed E-state index contributed by atoms with van der Waals surface area (Å²) >= 11 is 0. The van der Waals surface area contributed by atoms with E-state index in [0.717, 1.165) is 19.3 Å². The highest BCUT2D eigenvalue weighted by Crippen LogP contribution is 2.17. The molecule has 3 N–H and O–H groups in total. The zero-order valence-electron chi connectivity index (χ0n) is 9.25. The van der Waals surface area contributed by atoms with Crippen LogP contribution in [0, 0.1) is 5.92 Å². The van der Waals surface area contributed by atoms with Gasteiger partial charge in [-0.25, -0.2) is 0 Å². The van der Waals surface area contributed by atoms with E-state index in [0.29, 0.717) is 0 Å². The zero-order valence-corrected chi connectivity index (χ0v) is 9.25. The number of carbonyl (C=O) groups excluding carboxylic acids is 1. The van der Waals surface area contributed by atoms with Gasteiger partial charge in [0.2, 0.25) is 5.91 Å². The Labute approximate surface area is 86.4 Å². The van der Waals surface area contributed by atoms with Crippen molar-refractivity contribution in [1.29, 1.82) is 0 Å². The fraction of sp³-hybridized carbons (Fsp3) is 0.909. The molecule has 1 amide bonds. The Morgan fingerprint density at radius 2 is 2.14 bits per heavy atom. The van der Waals surface area contributed by atoms with E-state index in [9.17, 15) is 4.79 Å². The van der Waals surface area contributed by atoms with Gasteiger partial charge < -0.3 is 11.1 Å². The molecule has 1 aliphatic rings. The average Bonchev–Trinajstić information content (AvgIpc) is 2.20. The van der Waals surface area contributed by atoms with Gasteiger partial charge in [-0.3, -0.25) is 4.79 Å². The Kier molecular flexibility index (Phi) is 4.39. The van der Waals surface area contributed by atoms with E-state index in [1.807, 2.05) is 13.8 Å². The first-order valence-electron chi connectivity index (χ1n) is 5.71. The van der Waals surface area contributed by atoms with Crippen molar-refractivity contribution in [2.45, 2.75) is 58.0 Å². The van der Waals surface area contributed by atoms with E-state index in [2.05, 4.69) is 5.32 Å². The molecule has 0 aromatic heterocycles. The monoisotopic (exact) mass is 198 g/mol. The van der Waals surface area contributed by atoms with Crippen LogP contribution in [0.15, 0.2) is 0 Å². The number of rotatable bonds is 3. The minimum Gasteiger partial charge on any atom is -0.352 e. The van der Waals surface area contributed by atoms with Crippen molar-refractivity contribution >= 4 is 5.91 Å². The van der Waals surface area contributed by atoms with E-state index in [1.54, 1.807) is 0 Å². The van der Waals surface area contributed by atoms with E-state index in [4.69, 9.17) is 5.73 Å². The first kappa shape index (κ1) is 11.5. The summed E-state index contributed by atoms with van der Waals surface area (Å²) in [7, 11) is 0. The van der Waals surface area contributed by atoms with Crippen LogP contribution in [0.2, 0.25) is 0 Å². The fourth-order valence-corrected chi connectivity index (χ4v) is 1.85. The predicted octanol–water partition coefficient (Wildman–Crippen LogP) is 1.42. The molecule has 0 bridgehead atoms. The number of carbonyl (C=O) groups is 1. The molecule has 1 rings (SSSR count). The molecule has 1 fully saturated rings. The van der Waals surface area contributed by atoms with Gasteiger partial charge in [0.1, 0.15) is 0 Å². The SMILES string of the molecule is CCC(C)C(=O)N[C@@H]1CCCC[C@H]1N. The molecule has 82 valence electrons. The van der Waals surface area contributed by atoms with Crippen molar-refractivity contribution in [3.05, 3.63) is 0 Å². The van der Waals surface area contributed by atoms with Crippen LogP contribution in [0.1, 0.15) is 46.0 Å². The fourth-order valence-electron chi connectivity index (χ4n) is 1.85. The van der Waals surface area contributed by atoms with Crippen LogP contribution in [0.3, 0.4) is 0 Å². The van der Waals surface area contributed by atoms with Crippen LogP contribution in [-0.2, 0) is 4.79 Å². The van der Waals surface area contributed by atoms with Gasteiger partial charge in [0.05, 0.1) is 0 Å². The summed E-state index contributed by atoms with van der Waals surface area (Å²) in [5.41, 5.74) is 5.95. The Morgan fingerprint density at radius 1 is 1.50 bits per heavy atom. The number of amides is 1. The third kappa shape index (κ3) is 2.98. The lowest BCUT2D eigenvalue weighted by Gasteiger charge is -2.30. The third-order valence-electron chi connectivity index (χ3n) is 3.21. The lowest BCUT2D eigenvalue weighted by molar-refractivity contribution is -0.125. The maximum atomic E-state index is 11.6. The molecule has 0 spiro atoms. The molecule has 3 atom stereocenters. The average molecular weight is 198 g/mol. The summed E-state index contributed by atoms with van der Waals surface area (Å²) in [4.78, 5) is 11.6. The Bertz CT molecular complexity index is 194. The summed E-state index contributed by atoms with van der Waals surface area (Å²) in [6, 6.07) is 0.377. The van der Waals surface area contributed by atoms with Crippen LogP contribution in [0.25, 0.3) is 0 Å². The lowest BCUT2D eigenvalue weighted by atomic mass is 9.90. The van der Waals surface area contributed by atoms with Gasteiger partial charge in [0.25, 0.3) is 0 Å². The zero-order chi connectivity index (χ0) is 10.6. The Morgan fingerprint density at radius 3 is 2.71 bits per heavy atom. The van der Waals surface area contributed by atoms with Crippen molar-refractivity contribution in [2.24, 2.45) is 11.7 Å². The number of nitrogens with two attached hydrogens (primary N) is 1. The summed E-state index contributed by atoms with van der Waals surface area (Å²) in [6.07, 6.45) is 5.39. The van der Waals surface area contributed by atoms with Crippen LogP contribution >= 0.6 is 0 Å². The topological polar surface area (TPSA) is 55.1 Å². The van der Waals surface area contributed by atoms with Gasteiger partial charge >= 0.3 is 0 Å². The highest BCUT2D eigenvalue weighted by atomic mass is 16.1. The van der Waals surface area contributed by atoms with Crippen LogP contribution in [-0.4, -0.2) is 18.0 Å². The molecule has 1 unspecified atom stereocenters. The normalized spacial score (nSPS) is 29.6. The molecule has 1 saturated carbocycles. The molecule has 0 heterocycles. The van der Waals surface area contributed by atoms with Gasteiger partial charge in [0, 0.05) is 18.0 Å². The molecule has 0 aromatic carbocycles. The summed E-state index contributed by atoms with van der Waals surface area (Å²) in [6.45, 7) is 3.99. The summed E-state index contributed by atoms with van der Waals surface area (Å²) in [5, 5.41) is 3.06. The van der Waals surface area contributed by atoms with Crippen molar-refractivity contribution in [3.63, 3.8) is 0 Å². The van der Waals surface area contributed by atoms with Gasteiger partial charge in [-0.2, -0.15) is 0 Å². The second-order valence-corrected chi connectivity index (χ2v) is 4.37. The smallest absolute Gasteiger partial charge is 0.223 e. The molecule has 1 aliphatic carbocycles. The molecule has 0 radical (unpaired) electrons. The van der Waals surface area contributed by atoms with Gasteiger partial charge in [0.15, 0.2) is 0 Å². The minimum atomic E-state index is 0.115. The number of hydrogen-bond acceptors (Lipinski definition) is 2. The standard InChI is InChI=1S/C11H22N2O/c1-3-8(2)11(14)13-10-7-5-4-6-9(10)12/h8-10H,3-7,12H2,1-2H3,(H,13,14)/t8?,9-,10-/m1/s1. The first-order chi connectivity index (χ1) is 6.65. The van der Waals surface area contributed by atoms with Crippen molar-refractivity contribution < 1.29 is 4.79 Å². The Hall–Kier alpha value is -0.570. The van der Waals surface area contributed by atoms with Crippen LogP contribution < -0.4 is 11.1 Å². The van der Waals surface area contributed by atoms with Crippen molar-refractivity contribution in [3.8, 4) is 0 Å². The molecule has 0 aliphatic heterocycles. The van der Waals surface area contributed by atoms with Gasteiger partial charge in [-0.15, -0.1) is 0 Å². The maximum Gasteiger partial charge on any atom is 0.223 e. The highest BCUT2D eigenvalue weighted by Gasteiger charge is 2.24. The van der Waals surface area contributed by atoms with Gasteiger partial charge in [-0.05, 0) is 19.3 Å². The van der Waals surface area contributed by atoms with E-state index in [1.165, 1.54) is 12.8 Å². The summed E-state index contributed by atoms with van der Waals surface area (Å²) < 4.78 is 0. The summed E-state index contributed by atoms with van der Waals surface area (Å²) in [5.74, 6) is 0.277. The van der Waals surface area contributed by atoms with Crippen LogP contribution in [0.5, 0.6) is 0 Å². The third-order valence-corrected chi connectivity index (χ3v) is 3.21. The highest BCUT2D eigenvalue weighted by molar-refractivity contribution is 5.78. The largest absolute Gasteiger partial charge is 0.352 e. The molecule has 0 aromatic rings. The number of nitrogens with one attached hydrogen (secondary N) is 1. The first-order valence-corrected chi connectivity index (χ1v) is 5.71.